The third-order valence-electron chi connectivity index (χ3n) is 5.64. The second-order valence-electron chi connectivity index (χ2n) is 8.39. The molecule has 0 aliphatic carbocycles. The minimum absolute atomic E-state index is 0.532. The van der Waals surface area contributed by atoms with Gasteiger partial charge in [0.05, 0.1) is 0 Å². The Morgan fingerprint density at radius 1 is 0.750 bits per heavy atom. The summed E-state index contributed by atoms with van der Waals surface area (Å²) in [7, 11) is 0. The normalized spacial score (nSPS) is 13.8. The maximum Gasteiger partial charge on any atom is 0.323 e. The van der Waals surface area contributed by atoms with Crippen molar-refractivity contribution in [1.29, 1.82) is 0 Å². The second kappa shape index (κ2) is 19.4. The van der Waals surface area contributed by atoms with Gasteiger partial charge in [-0.25, -0.2) is 0 Å². The number of rotatable bonds is 21. The van der Waals surface area contributed by atoms with E-state index in [1.54, 1.807) is 0 Å². The highest BCUT2D eigenvalue weighted by Crippen LogP contribution is 2.20. The van der Waals surface area contributed by atoms with Crippen molar-refractivity contribution in [3.63, 3.8) is 0 Å². The molecule has 0 spiro atoms. The summed E-state index contributed by atoms with van der Waals surface area (Å²) in [4.78, 5) is 11.4. The van der Waals surface area contributed by atoms with Crippen LogP contribution in [-0.4, -0.2) is 23.2 Å². The SMILES string of the molecule is CCCCCCCC/C=C\CCCCCCCC[C@](N)(CCCCN)C(=O)O. The van der Waals surface area contributed by atoms with Gasteiger partial charge in [0.25, 0.3) is 0 Å². The van der Waals surface area contributed by atoms with Crippen molar-refractivity contribution in [1.82, 2.24) is 0 Å². The number of carboxylic acid groups (broad SMARTS) is 1. The first-order valence-corrected chi connectivity index (χ1v) is 11.9. The summed E-state index contributed by atoms with van der Waals surface area (Å²) >= 11 is 0. The molecule has 4 nitrogen and oxygen atoms in total. The second-order valence-corrected chi connectivity index (χ2v) is 8.39. The van der Waals surface area contributed by atoms with E-state index in [1.807, 2.05) is 0 Å². The lowest BCUT2D eigenvalue weighted by Crippen LogP contribution is -2.47. The van der Waals surface area contributed by atoms with Crippen LogP contribution in [0.3, 0.4) is 0 Å². The zero-order valence-corrected chi connectivity index (χ0v) is 18.6. The van der Waals surface area contributed by atoms with Crippen LogP contribution in [0.25, 0.3) is 0 Å². The Morgan fingerprint density at radius 2 is 1.18 bits per heavy atom. The van der Waals surface area contributed by atoms with Crippen LogP contribution < -0.4 is 11.5 Å². The first-order valence-electron chi connectivity index (χ1n) is 11.9. The molecule has 0 bridgehead atoms. The molecule has 0 amide bonds. The van der Waals surface area contributed by atoms with Crippen molar-refractivity contribution in [3.8, 4) is 0 Å². The molecule has 0 aliphatic rings. The van der Waals surface area contributed by atoms with Gasteiger partial charge < -0.3 is 16.6 Å². The van der Waals surface area contributed by atoms with Crippen LogP contribution in [0.15, 0.2) is 12.2 Å². The van der Waals surface area contributed by atoms with Crippen LogP contribution >= 0.6 is 0 Å². The van der Waals surface area contributed by atoms with Gasteiger partial charge in [0.1, 0.15) is 5.54 Å². The minimum Gasteiger partial charge on any atom is -0.480 e. The number of hydrogen-bond donors (Lipinski definition) is 3. The van der Waals surface area contributed by atoms with Crippen molar-refractivity contribution < 1.29 is 9.90 Å². The van der Waals surface area contributed by atoms with Crippen LogP contribution in [0.4, 0.5) is 0 Å². The number of nitrogens with two attached hydrogens (primary N) is 2. The molecule has 0 unspecified atom stereocenters. The molecule has 0 radical (unpaired) electrons. The number of aliphatic carboxylic acids is 1. The van der Waals surface area contributed by atoms with Crippen LogP contribution in [0.5, 0.6) is 0 Å². The summed E-state index contributed by atoms with van der Waals surface area (Å²) in [5.41, 5.74) is 10.5. The van der Waals surface area contributed by atoms with Gasteiger partial charge in [-0.05, 0) is 57.9 Å². The summed E-state index contributed by atoms with van der Waals surface area (Å²) in [6, 6.07) is 0. The molecule has 4 heteroatoms. The van der Waals surface area contributed by atoms with E-state index in [9.17, 15) is 9.90 Å². The fourth-order valence-electron chi connectivity index (χ4n) is 3.61. The summed E-state index contributed by atoms with van der Waals surface area (Å²) in [6.07, 6.45) is 25.1. The Balaban J connectivity index is 3.50. The van der Waals surface area contributed by atoms with Gasteiger partial charge in [0, 0.05) is 0 Å². The van der Waals surface area contributed by atoms with Crippen molar-refractivity contribution in [3.05, 3.63) is 12.2 Å². The maximum atomic E-state index is 11.4. The summed E-state index contributed by atoms with van der Waals surface area (Å²) in [5, 5.41) is 9.39. The molecular formula is C24H48N2O2. The maximum absolute atomic E-state index is 11.4. The van der Waals surface area contributed by atoms with Crippen molar-refractivity contribution in [2.45, 2.75) is 128 Å². The predicted molar refractivity (Wildman–Crippen MR) is 122 cm³/mol. The molecule has 5 N–H and O–H groups in total. The van der Waals surface area contributed by atoms with Gasteiger partial charge in [-0.1, -0.05) is 83.3 Å². The third kappa shape index (κ3) is 16.1. The molecule has 0 heterocycles. The quantitative estimate of drug-likeness (QED) is 0.156. The van der Waals surface area contributed by atoms with Gasteiger partial charge >= 0.3 is 5.97 Å². The third-order valence-corrected chi connectivity index (χ3v) is 5.64. The number of carbonyl (C=O) groups is 1. The number of allylic oxidation sites excluding steroid dienone is 2. The lowest BCUT2D eigenvalue weighted by Gasteiger charge is -2.24. The summed E-state index contributed by atoms with van der Waals surface area (Å²) in [5.74, 6) is -0.864. The Morgan fingerprint density at radius 3 is 1.64 bits per heavy atom. The highest BCUT2D eigenvalue weighted by Gasteiger charge is 2.32. The highest BCUT2D eigenvalue weighted by atomic mass is 16.4. The lowest BCUT2D eigenvalue weighted by molar-refractivity contribution is -0.144. The predicted octanol–water partition coefficient (Wildman–Crippen LogP) is 6.33. The molecule has 0 aromatic heterocycles. The van der Waals surface area contributed by atoms with E-state index in [4.69, 9.17) is 11.5 Å². The van der Waals surface area contributed by atoms with Gasteiger partial charge in [-0.2, -0.15) is 0 Å². The van der Waals surface area contributed by atoms with Gasteiger partial charge in [0.2, 0.25) is 0 Å². The Labute approximate surface area is 174 Å². The van der Waals surface area contributed by atoms with Crippen molar-refractivity contribution in [2.24, 2.45) is 11.5 Å². The van der Waals surface area contributed by atoms with E-state index in [2.05, 4.69) is 19.1 Å². The number of carboxylic acids is 1. The Hall–Kier alpha value is -0.870. The molecule has 28 heavy (non-hydrogen) atoms. The van der Waals surface area contributed by atoms with Gasteiger partial charge in [0.15, 0.2) is 0 Å². The molecule has 0 aromatic rings. The summed E-state index contributed by atoms with van der Waals surface area (Å²) in [6.45, 7) is 2.86. The van der Waals surface area contributed by atoms with Crippen LogP contribution in [0, 0.1) is 0 Å². The lowest BCUT2D eigenvalue weighted by atomic mass is 9.87. The number of unbranched alkanes of at least 4 members (excludes halogenated alkanes) is 13. The minimum atomic E-state index is -1.06. The highest BCUT2D eigenvalue weighted by molar-refractivity contribution is 5.78. The first-order chi connectivity index (χ1) is 13.6. The van der Waals surface area contributed by atoms with E-state index in [0.29, 0.717) is 19.4 Å². The summed E-state index contributed by atoms with van der Waals surface area (Å²) < 4.78 is 0. The molecule has 1 atom stereocenters. The fourth-order valence-corrected chi connectivity index (χ4v) is 3.61. The largest absolute Gasteiger partial charge is 0.480 e. The standard InChI is InChI=1S/C24H48N2O2/c1-2-3-4-5-6-7-8-9-10-11-12-13-14-15-16-17-20-24(26,23(27)28)21-18-19-22-25/h9-10H,2-8,11-22,25-26H2,1H3,(H,27,28)/b10-9-/t24-/m0/s1. The smallest absolute Gasteiger partial charge is 0.323 e. The Bertz CT molecular complexity index is 385. The van der Waals surface area contributed by atoms with Crippen LogP contribution in [0.2, 0.25) is 0 Å². The van der Waals surface area contributed by atoms with Crippen LogP contribution in [0.1, 0.15) is 122 Å². The molecular weight excluding hydrogens is 348 g/mol. The number of hydrogen-bond acceptors (Lipinski definition) is 3. The zero-order chi connectivity index (χ0) is 20.9. The molecule has 0 saturated heterocycles. The first kappa shape index (κ1) is 27.1. The van der Waals surface area contributed by atoms with Crippen molar-refractivity contribution in [2.75, 3.05) is 6.54 Å². The fraction of sp³-hybridized carbons (Fsp3) is 0.875. The van der Waals surface area contributed by atoms with Gasteiger partial charge in [-0.3, -0.25) is 4.79 Å². The monoisotopic (exact) mass is 396 g/mol. The molecule has 0 saturated carbocycles. The molecule has 0 rings (SSSR count). The average Bonchev–Trinajstić information content (AvgIpc) is 2.67. The molecule has 0 fully saturated rings. The van der Waals surface area contributed by atoms with E-state index >= 15 is 0 Å². The molecule has 166 valence electrons. The van der Waals surface area contributed by atoms with Gasteiger partial charge in [-0.15, -0.1) is 0 Å². The van der Waals surface area contributed by atoms with E-state index in [-0.39, 0.29) is 0 Å². The van der Waals surface area contributed by atoms with E-state index in [1.165, 1.54) is 77.0 Å². The van der Waals surface area contributed by atoms with E-state index in [0.717, 1.165) is 25.7 Å². The topological polar surface area (TPSA) is 89.3 Å². The zero-order valence-electron chi connectivity index (χ0n) is 18.6. The van der Waals surface area contributed by atoms with Crippen LogP contribution in [-0.2, 0) is 4.79 Å². The molecule has 0 aromatic carbocycles. The van der Waals surface area contributed by atoms with E-state index < -0.39 is 11.5 Å². The average molecular weight is 397 g/mol. The van der Waals surface area contributed by atoms with Crippen molar-refractivity contribution >= 4 is 5.97 Å². The Kier molecular flexibility index (Phi) is 18.8. The molecule has 0 aliphatic heterocycles.